The van der Waals surface area contributed by atoms with Crippen LogP contribution in [0.2, 0.25) is 0 Å². The van der Waals surface area contributed by atoms with Crippen molar-refractivity contribution in [2.75, 3.05) is 33.8 Å². The number of amides is 2. The van der Waals surface area contributed by atoms with E-state index >= 15 is 0 Å². The summed E-state index contributed by atoms with van der Waals surface area (Å²) in [5.74, 6) is 0.818. The van der Waals surface area contributed by atoms with Gasteiger partial charge in [-0.1, -0.05) is 42.5 Å². The Balaban J connectivity index is 1.70. The molecule has 0 saturated carbocycles. The molecule has 0 bridgehead atoms. The van der Waals surface area contributed by atoms with E-state index in [4.69, 9.17) is 4.74 Å². The maximum Gasteiger partial charge on any atom is 0.314 e. The number of rotatable bonds is 8. The van der Waals surface area contributed by atoms with E-state index in [1.54, 1.807) is 0 Å². The van der Waals surface area contributed by atoms with Crippen molar-refractivity contribution in [2.24, 2.45) is 0 Å². The molecule has 2 N–H and O–H groups in total. The number of urea groups is 1. The van der Waals surface area contributed by atoms with Gasteiger partial charge in [-0.05, 0) is 44.3 Å². The third-order valence-electron chi connectivity index (χ3n) is 3.91. The van der Waals surface area contributed by atoms with Crippen LogP contribution in [0.3, 0.4) is 0 Å². The number of nitrogens with zero attached hydrogens (tertiary/aromatic N) is 1. The summed E-state index contributed by atoms with van der Waals surface area (Å²) in [5.41, 5.74) is 2.33. The molecule has 2 aromatic rings. The van der Waals surface area contributed by atoms with Gasteiger partial charge in [-0.25, -0.2) is 4.79 Å². The van der Waals surface area contributed by atoms with Gasteiger partial charge in [0.2, 0.25) is 0 Å². The lowest BCUT2D eigenvalue weighted by Gasteiger charge is -2.25. The summed E-state index contributed by atoms with van der Waals surface area (Å²) in [6.45, 7) is 3.46. The van der Waals surface area contributed by atoms with Crippen LogP contribution in [0.25, 0.3) is 0 Å². The molecule has 134 valence electrons. The Kier molecular flexibility index (Phi) is 7.29. The van der Waals surface area contributed by atoms with Crippen molar-refractivity contribution in [3.05, 3.63) is 65.7 Å². The first-order chi connectivity index (χ1) is 12.1. The van der Waals surface area contributed by atoms with Crippen LogP contribution < -0.4 is 15.4 Å². The highest BCUT2D eigenvalue weighted by Crippen LogP contribution is 2.16. The van der Waals surface area contributed by atoms with Gasteiger partial charge in [0.25, 0.3) is 0 Å². The smallest absolute Gasteiger partial charge is 0.314 e. The largest absolute Gasteiger partial charge is 0.492 e. The molecule has 2 amide bonds. The molecule has 0 fully saturated rings. The predicted octanol–water partition coefficient (Wildman–Crippen LogP) is 2.98. The van der Waals surface area contributed by atoms with Gasteiger partial charge in [-0.2, -0.15) is 0 Å². The van der Waals surface area contributed by atoms with Gasteiger partial charge in [0, 0.05) is 6.54 Å². The molecular formula is C20H27N3O2. The third-order valence-corrected chi connectivity index (χ3v) is 3.91. The lowest BCUT2D eigenvalue weighted by Crippen LogP contribution is -2.41. The second kappa shape index (κ2) is 9.69. The Labute approximate surface area is 150 Å². The Morgan fingerprint density at radius 2 is 1.84 bits per heavy atom. The van der Waals surface area contributed by atoms with Crippen LogP contribution in [0.1, 0.15) is 17.2 Å². The number of carbonyl (C=O) groups excluding carboxylic acids is 1. The first-order valence-corrected chi connectivity index (χ1v) is 8.49. The maximum atomic E-state index is 12.0. The fourth-order valence-corrected chi connectivity index (χ4v) is 2.56. The van der Waals surface area contributed by atoms with Crippen LogP contribution in [-0.4, -0.2) is 44.7 Å². The summed E-state index contributed by atoms with van der Waals surface area (Å²) in [6.07, 6.45) is 0. The van der Waals surface area contributed by atoms with Crippen LogP contribution in [0, 0.1) is 6.92 Å². The molecule has 0 saturated heterocycles. The normalized spacial score (nSPS) is 11.8. The number of benzene rings is 2. The van der Waals surface area contributed by atoms with E-state index in [1.807, 2.05) is 63.5 Å². The SMILES string of the molecule is Cc1cccc(OCCNC(=O)NCC(c2ccccc2)N(C)C)c1. The molecule has 5 heteroatoms. The Bertz CT molecular complexity index is 659. The Hall–Kier alpha value is -2.53. The van der Waals surface area contributed by atoms with Crippen molar-refractivity contribution in [3.8, 4) is 5.75 Å². The zero-order chi connectivity index (χ0) is 18.1. The van der Waals surface area contributed by atoms with Gasteiger partial charge in [-0.15, -0.1) is 0 Å². The quantitative estimate of drug-likeness (QED) is 0.726. The number of hydrogen-bond donors (Lipinski definition) is 2. The van der Waals surface area contributed by atoms with E-state index in [1.165, 1.54) is 5.56 Å². The van der Waals surface area contributed by atoms with Crippen molar-refractivity contribution in [2.45, 2.75) is 13.0 Å². The van der Waals surface area contributed by atoms with Crippen molar-refractivity contribution < 1.29 is 9.53 Å². The summed E-state index contributed by atoms with van der Waals surface area (Å²) >= 11 is 0. The summed E-state index contributed by atoms with van der Waals surface area (Å²) < 4.78 is 5.62. The summed E-state index contributed by atoms with van der Waals surface area (Å²) in [7, 11) is 4.01. The van der Waals surface area contributed by atoms with Crippen LogP contribution in [0.4, 0.5) is 4.79 Å². The van der Waals surface area contributed by atoms with Crippen LogP contribution >= 0.6 is 0 Å². The molecule has 0 spiro atoms. The van der Waals surface area contributed by atoms with Crippen LogP contribution in [0.15, 0.2) is 54.6 Å². The van der Waals surface area contributed by atoms with Crippen molar-refractivity contribution in [3.63, 3.8) is 0 Å². The number of aryl methyl sites for hydroxylation is 1. The summed E-state index contributed by atoms with van der Waals surface area (Å²) in [5, 5.41) is 5.74. The number of carbonyl (C=O) groups is 1. The minimum absolute atomic E-state index is 0.135. The van der Waals surface area contributed by atoms with Crippen LogP contribution in [-0.2, 0) is 0 Å². The molecule has 2 aromatic carbocycles. The van der Waals surface area contributed by atoms with Gasteiger partial charge in [0.15, 0.2) is 0 Å². The zero-order valence-electron chi connectivity index (χ0n) is 15.2. The molecule has 2 rings (SSSR count). The maximum absolute atomic E-state index is 12.0. The van der Waals surface area contributed by atoms with Gasteiger partial charge in [0.05, 0.1) is 12.6 Å². The molecule has 25 heavy (non-hydrogen) atoms. The predicted molar refractivity (Wildman–Crippen MR) is 101 cm³/mol. The van der Waals surface area contributed by atoms with E-state index < -0.39 is 0 Å². The molecule has 0 radical (unpaired) electrons. The highest BCUT2D eigenvalue weighted by atomic mass is 16.5. The minimum Gasteiger partial charge on any atom is -0.492 e. The lowest BCUT2D eigenvalue weighted by atomic mass is 10.1. The zero-order valence-corrected chi connectivity index (χ0v) is 15.2. The molecule has 0 aromatic heterocycles. The molecule has 0 aliphatic rings. The Morgan fingerprint density at radius 1 is 1.08 bits per heavy atom. The first-order valence-electron chi connectivity index (χ1n) is 8.49. The van der Waals surface area contributed by atoms with Gasteiger partial charge in [0.1, 0.15) is 12.4 Å². The molecule has 5 nitrogen and oxygen atoms in total. The van der Waals surface area contributed by atoms with E-state index in [0.29, 0.717) is 19.7 Å². The second-order valence-electron chi connectivity index (χ2n) is 6.19. The molecule has 1 unspecified atom stereocenters. The third kappa shape index (κ3) is 6.47. The average molecular weight is 341 g/mol. The minimum atomic E-state index is -0.185. The molecule has 0 aliphatic carbocycles. The average Bonchev–Trinajstić information content (AvgIpc) is 2.60. The van der Waals surface area contributed by atoms with Crippen LogP contribution in [0.5, 0.6) is 5.75 Å². The highest BCUT2D eigenvalue weighted by molar-refractivity contribution is 5.73. The topological polar surface area (TPSA) is 53.6 Å². The fraction of sp³-hybridized carbons (Fsp3) is 0.350. The second-order valence-corrected chi connectivity index (χ2v) is 6.19. The number of ether oxygens (including phenoxy) is 1. The highest BCUT2D eigenvalue weighted by Gasteiger charge is 2.14. The van der Waals surface area contributed by atoms with Gasteiger partial charge in [-0.3, -0.25) is 0 Å². The first kappa shape index (κ1) is 18.8. The molecular weight excluding hydrogens is 314 g/mol. The number of nitrogens with one attached hydrogen (secondary N) is 2. The Morgan fingerprint density at radius 3 is 2.52 bits per heavy atom. The van der Waals surface area contributed by atoms with Gasteiger partial charge >= 0.3 is 6.03 Å². The lowest BCUT2D eigenvalue weighted by molar-refractivity contribution is 0.229. The molecule has 0 heterocycles. The number of likely N-dealkylation sites (N-methyl/N-ethyl adjacent to an activating group) is 1. The van der Waals surface area contributed by atoms with Crippen molar-refractivity contribution >= 4 is 6.03 Å². The molecule has 0 aliphatic heterocycles. The van der Waals surface area contributed by atoms with Crippen molar-refractivity contribution in [1.29, 1.82) is 0 Å². The van der Waals surface area contributed by atoms with E-state index in [9.17, 15) is 4.79 Å². The number of hydrogen-bond acceptors (Lipinski definition) is 3. The van der Waals surface area contributed by atoms with Gasteiger partial charge < -0.3 is 20.3 Å². The summed E-state index contributed by atoms with van der Waals surface area (Å²) in [4.78, 5) is 14.1. The van der Waals surface area contributed by atoms with E-state index in [-0.39, 0.29) is 12.1 Å². The summed E-state index contributed by atoms with van der Waals surface area (Å²) in [6, 6.07) is 18.0. The standard InChI is InChI=1S/C20H27N3O2/c1-16-8-7-11-18(14-16)25-13-12-21-20(24)22-15-19(23(2)3)17-9-5-4-6-10-17/h4-11,14,19H,12-13,15H2,1-3H3,(H2,21,22,24). The van der Waals surface area contributed by atoms with Crippen molar-refractivity contribution in [1.82, 2.24) is 15.5 Å². The monoisotopic (exact) mass is 341 g/mol. The van der Waals surface area contributed by atoms with E-state index in [2.05, 4.69) is 27.7 Å². The molecule has 1 atom stereocenters. The fourth-order valence-electron chi connectivity index (χ4n) is 2.56. The van der Waals surface area contributed by atoms with E-state index in [0.717, 1.165) is 11.3 Å².